The number of fused-ring (bicyclic) bond motifs is 1. The lowest BCUT2D eigenvalue weighted by atomic mass is 10.3. The van der Waals surface area contributed by atoms with Gasteiger partial charge in [-0.1, -0.05) is 0 Å². The van der Waals surface area contributed by atoms with Crippen LogP contribution in [0.3, 0.4) is 0 Å². The van der Waals surface area contributed by atoms with E-state index in [1.165, 1.54) is 0 Å². The molecule has 0 saturated heterocycles. The molecule has 0 aliphatic rings. The van der Waals surface area contributed by atoms with Gasteiger partial charge in [0.1, 0.15) is 6.54 Å². The Morgan fingerprint density at radius 3 is 3.18 bits per heavy atom. The van der Waals surface area contributed by atoms with E-state index < -0.39 is 0 Å². The van der Waals surface area contributed by atoms with Crippen molar-refractivity contribution in [3.05, 3.63) is 23.9 Å². The molecule has 0 aliphatic carbocycles. The third-order valence-electron chi connectivity index (χ3n) is 2.19. The van der Waals surface area contributed by atoms with Gasteiger partial charge in [0.05, 0.1) is 6.61 Å². The molecule has 0 aliphatic heterocycles. The molecule has 0 amide bonds. The summed E-state index contributed by atoms with van der Waals surface area (Å²) in [5, 5.41) is 6.99. The number of aryl methyl sites for hydroxylation is 1. The molecule has 6 nitrogen and oxygen atoms in total. The summed E-state index contributed by atoms with van der Waals surface area (Å²) in [6, 6.07) is 3.86. The predicted molar refractivity (Wildman–Crippen MR) is 62.8 cm³/mol. The molecule has 0 aromatic carbocycles. The number of aromatic nitrogens is 3. The lowest BCUT2D eigenvalue weighted by Gasteiger charge is -2.00. The predicted octanol–water partition coefficient (Wildman–Crippen LogP) is 1.01. The van der Waals surface area contributed by atoms with Crippen LogP contribution in [-0.2, 0) is 9.53 Å². The molecule has 90 valence electrons. The summed E-state index contributed by atoms with van der Waals surface area (Å²) in [7, 11) is 0. The van der Waals surface area contributed by atoms with E-state index in [4.69, 9.17) is 4.74 Å². The number of carbonyl (C=O) groups excluding carboxylic acids is 1. The molecule has 2 heterocycles. The van der Waals surface area contributed by atoms with Crippen molar-refractivity contribution in [1.82, 2.24) is 14.6 Å². The average Bonchev–Trinajstić information content (AvgIpc) is 2.68. The van der Waals surface area contributed by atoms with Crippen LogP contribution >= 0.6 is 0 Å². The van der Waals surface area contributed by atoms with E-state index in [9.17, 15) is 4.79 Å². The van der Waals surface area contributed by atoms with E-state index in [1.54, 1.807) is 11.4 Å². The first-order valence-corrected chi connectivity index (χ1v) is 5.41. The molecule has 0 spiro atoms. The molecule has 0 unspecified atom stereocenters. The number of hydrogen-bond donors (Lipinski definition) is 1. The van der Waals surface area contributed by atoms with Crippen molar-refractivity contribution in [3.8, 4) is 0 Å². The fourth-order valence-corrected chi connectivity index (χ4v) is 1.42. The summed E-state index contributed by atoms with van der Waals surface area (Å²) in [4.78, 5) is 15.4. The van der Waals surface area contributed by atoms with Crippen molar-refractivity contribution in [1.29, 1.82) is 0 Å². The van der Waals surface area contributed by atoms with Crippen molar-refractivity contribution in [2.75, 3.05) is 18.5 Å². The Morgan fingerprint density at radius 1 is 1.59 bits per heavy atom. The molecule has 17 heavy (non-hydrogen) atoms. The summed E-state index contributed by atoms with van der Waals surface area (Å²) in [5.41, 5.74) is 1.86. The van der Waals surface area contributed by atoms with Crippen LogP contribution in [0, 0.1) is 6.92 Å². The topological polar surface area (TPSA) is 68.5 Å². The summed E-state index contributed by atoms with van der Waals surface area (Å²) in [6.07, 6.45) is 1.83. The van der Waals surface area contributed by atoms with Gasteiger partial charge in [0.25, 0.3) is 0 Å². The lowest BCUT2D eigenvalue weighted by molar-refractivity contribution is -0.140. The van der Waals surface area contributed by atoms with Crippen LogP contribution in [-0.4, -0.2) is 33.7 Å². The molecule has 2 rings (SSSR count). The largest absolute Gasteiger partial charge is 0.465 e. The number of carbonyl (C=O) groups is 1. The zero-order valence-electron chi connectivity index (χ0n) is 9.80. The molecule has 0 fully saturated rings. The SMILES string of the molecule is CCOC(=O)CNc1nc2cc(C)ccn2n1. The molecule has 2 aromatic heterocycles. The van der Waals surface area contributed by atoms with Gasteiger partial charge < -0.3 is 10.1 Å². The van der Waals surface area contributed by atoms with Gasteiger partial charge in [-0.25, -0.2) is 4.52 Å². The first kappa shape index (κ1) is 11.4. The lowest BCUT2D eigenvalue weighted by Crippen LogP contribution is -2.17. The van der Waals surface area contributed by atoms with Crippen LogP contribution < -0.4 is 5.32 Å². The van der Waals surface area contributed by atoms with Gasteiger partial charge in [-0.2, -0.15) is 4.98 Å². The van der Waals surface area contributed by atoms with E-state index in [0.717, 1.165) is 11.2 Å². The van der Waals surface area contributed by atoms with Crippen LogP contribution in [0.4, 0.5) is 5.95 Å². The Labute approximate surface area is 98.6 Å². The Morgan fingerprint density at radius 2 is 2.41 bits per heavy atom. The smallest absolute Gasteiger partial charge is 0.325 e. The van der Waals surface area contributed by atoms with E-state index in [2.05, 4.69) is 15.4 Å². The zero-order chi connectivity index (χ0) is 12.3. The number of nitrogens with one attached hydrogen (secondary N) is 1. The van der Waals surface area contributed by atoms with Crippen LogP contribution in [0.2, 0.25) is 0 Å². The van der Waals surface area contributed by atoms with Gasteiger partial charge in [-0.3, -0.25) is 4.79 Å². The van der Waals surface area contributed by atoms with E-state index in [-0.39, 0.29) is 12.5 Å². The number of hydrogen-bond acceptors (Lipinski definition) is 5. The van der Waals surface area contributed by atoms with Crippen LogP contribution in [0.25, 0.3) is 5.65 Å². The second-order valence-corrected chi connectivity index (χ2v) is 3.60. The standard InChI is InChI=1S/C11H14N4O2/c1-3-17-10(16)7-12-11-13-9-6-8(2)4-5-15(9)14-11/h4-6H,3,7H2,1-2H3,(H,12,14). The number of pyridine rings is 1. The first-order chi connectivity index (χ1) is 8.19. The second kappa shape index (κ2) is 4.82. The molecule has 6 heteroatoms. The molecule has 0 atom stereocenters. The van der Waals surface area contributed by atoms with Gasteiger partial charge in [-0.05, 0) is 31.5 Å². The highest BCUT2D eigenvalue weighted by Gasteiger charge is 2.06. The third-order valence-corrected chi connectivity index (χ3v) is 2.19. The number of esters is 1. The highest BCUT2D eigenvalue weighted by molar-refractivity contribution is 5.74. The summed E-state index contributed by atoms with van der Waals surface area (Å²) in [6.45, 7) is 4.20. The van der Waals surface area contributed by atoms with Gasteiger partial charge in [0.15, 0.2) is 5.65 Å². The second-order valence-electron chi connectivity index (χ2n) is 3.60. The van der Waals surface area contributed by atoms with Gasteiger partial charge in [0.2, 0.25) is 5.95 Å². The zero-order valence-corrected chi connectivity index (χ0v) is 9.80. The summed E-state index contributed by atoms with van der Waals surface area (Å²) >= 11 is 0. The van der Waals surface area contributed by atoms with Crippen LogP contribution in [0.1, 0.15) is 12.5 Å². The van der Waals surface area contributed by atoms with Gasteiger partial charge in [0, 0.05) is 6.20 Å². The monoisotopic (exact) mass is 234 g/mol. The maximum Gasteiger partial charge on any atom is 0.325 e. The minimum Gasteiger partial charge on any atom is -0.465 e. The molecule has 0 saturated carbocycles. The van der Waals surface area contributed by atoms with Crippen molar-refractivity contribution in [2.45, 2.75) is 13.8 Å². The Balaban J connectivity index is 2.07. The maximum absolute atomic E-state index is 11.1. The fraction of sp³-hybridized carbons (Fsp3) is 0.364. The van der Waals surface area contributed by atoms with E-state index in [1.807, 2.05) is 25.3 Å². The summed E-state index contributed by atoms with van der Waals surface area (Å²) < 4.78 is 6.45. The fourth-order valence-electron chi connectivity index (χ4n) is 1.42. The van der Waals surface area contributed by atoms with Crippen LogP contribution in [0.5, 0.6) is 0 Å². The first-order valence-electron chi connectivity index (χ1n) is 5.41. The Kier molecular flexibility index (Phi) is 3.22. The number of anilines is 1. The molecule has 2 aromatic rings. The molecular weight excluding hydrogens is 220 g/mol. The van der Waals surface area contributed by atoms with Crippen molar-refractivity contribution in [3.63, 3.8) is 0 Å². The highest BCUT2D eigenvalue weighted by atomic mass is 16.5. The minimum atomic E-state index is -0.317. The molecule has 0 bridgehead atoms. The quantitative estimate of drug-likeness (QED) is 0.800. The van der Waals surface area contributed by atoms with E-state index >= 15 is 0 Å². The maximum atomic E-state index is 11.1. The minimum absolute atomic E-state index is 0.0731. The molecule has 0 radical (unpaired) electrons. The third kappa shape index (κ3) is 2.72. The van der Waals surface area contributed by atoms with Crippen molar-refractivity contribution < 1.29 is 9.53 Å². The molecule has 1 N–H and O–H groups in total. The number of ether oxygens (including phenoxy) is 1. The van der Waals surface area contributed by atoms with Crippen LogP contribution in [0.15, 0.2) is 18.3 Å². The highest BCUT2D eigenvalue weighted by Crippen LogP contribution is 2.07. The average molecular weight is 234 g/mol. The Bertz CT molecular complexity index is 535. The van der Waals surface area contributed by atoms with Crippen molar-refractivity contribution in [2.24, 2.45) is 0 Å². The Hall–Kier alpha value is -2.11. The van der Waals surface area contributed by atoms with E-state index in [0.29, 0.717) is 12.6 Å². The molecular formula is C11H14N4O2. The van der Waals surface area contributed by atoms with Gasteiger partial charge in [-0.15, -0.1) is 5.10 Å². The van der Waals surface area contributed by atoms with Crippen molar-refractivity contribution >= 4 is 17.6 Å². The number of rotatable bonds is 4. The number of nitrogens with zero attached hydrogens (tertiary/aromatic N) is 3. The van der Waals surface area contributed by atoms with Gasteiger partial charge >= 0.3 is 5.97 Å². The normalized spacial score (nSPS) is 10.5. The summed E-state index contributed by atoms with van der Waals surface area (Å²) in [5.74, 6) is 0.103.